The van der Waals surface area contributed by atoms with E-state index < -0.39 is 0 Å². The van der Waals surface area contributed by atoms with Crippen molar-refractivity contribution in [3.05, 3.63) is 71.8 Å². The van der Waals surface area contributed by atoms with E-state index in [4.69, 9.17) is 5.73 Å². The van der Waals surface area contributed by atoms with Crippen molar-refractivity contribution in [3.8, 4) is 0 Å². The van der Waals surface area contributed by atoms with Gasteiger partial charge in [-0.25, -0.2) is 0 Å². The van der Waals surface area contributed by atoms with E-state index in [1.165, 1.54) is 16.7 Å². The van der Waals surface area contributed by atoms with Crippen LogP contribution in [0.1, 0.15) is 18.1 Å². The molecule has 0 amide bonds. The lowest BCUT2D eigenvalue weighted by Gasteiger charge is -2.07. The van der Waals surface area contributed by atoms with Gasteiger partial charge in [-0.1, -0.05) is 48.5 Å². The topological polar surface area (TPSA) is 26.0 Å². The van der Waals surface area contributed by atoms with E-state index in [0.29, 0.717) is 0 Å². The Balaban J connectivity index is 2.42. The van der Waals surface area contributed by atoms with Gasteiger partial charge in [-0.05, 0) is 35.8 Å². The van der Waals surface area contributed by atoms with Gasteiger partial charge in [0.05, 0.1) is 0 Å². The second-order valence-electron chi connectivity index (χ2n) is 3.69. The van der Waals surface area contributed by atoms with Crippen LogP contribution in [0.3, 0.4) is 0 Å². The molecule has 0 spiro atoms. The lowest BCUT2D eigenvalue weighted by Crippen LogP contribution is -1.89. The number of nitrogen functional groups attached to an aromatic ring is 1. The van der Waals surface area contributed by atoms with E-state index in [2.05, 4.69) is 49.4 Å². The van der Waals surface area contributed by atoms with Crippen LogP contribution >= 0.6 is 0 Å². The number of anilines is 1. The molecule has 0 aliphatic rings. The Morgan fingerprint density at radius 3 is 2.00 bits per heavy atom. The van der Waals surface area contributed by atoms with Gasteiger partial charge in [0.2, 0.25) is 0 Å². The smallest absolute Gasteiger partial charge is 0.0314 e. The van der Waals surface area contributed by atoms with Crippen molar-refractivity contribution in [2.45, 2.75) is 6.92 Å². The number of allylic oxidation sites excluding steroid dienone is 1. The Labute approximate surface area is 96.2 Å². The molecule has 1 nitrogen and oxygen atoms in total. The van der Waals surface area contributed by atoms with Gasteiger partial charge in [-0.3, -0.25) is 0 Å². The largest absolute Gasteiger partial charge is 0.399 e. The molecular weight excluding hydrogens is 194 g/mol. The Bertz CT molecular complexity index is 481. The van der Waals surface area contributed by atoms with E-state index in [9.17, 15) is 0 Å². The predicted octanol–water partition coefficient (Wildman–Crippen LogP) is 3.72. The quantitative estimate of drug-likeness (QED) is 0.749. The zero-order valence-electron chi connectivity index (χ0n) is 9.35. The standard InChI is InChI=1S/C15H15N/c1-2-15(12-6-4-3-5-7-12)13-8-10-14(16)11-9-13/h2-11H,16H2,1H3. The summed E-state index contributed by atoms with van der Waals surface area (Å²) in [6.45, 7) is 2.05. The van der Waals surface area contributed by atoms with E-state index in [1.54, 1.807) is 0 Å². The first-order chi connectivity index (χ1) is 7.81. The van der Waals surface area contributed by atoms with Crippen LogP contribution in [0.25, 0.3) is 5.57 Å². The lowest BCUT2D eigenvalue weighted by atomic mass is 9.98. The molecule has 2 N–H and O–H groups in total. The average molecular weight is 209 g/mol. The molecule has 2 rings (SSSR count). The third kappa shape index (κ3) is 2.14. The summed E-state index contributed by atoms with van der Waals surface area (Å²) < 4.78 is 0. The Morgan fingerprint density at radius 1 is 0.875 bits per heavy atom. The third-order valence-electron chi connectivity index (χ3n) is 2.60. The summed E-state index contributed by atoms with van der Waals surface area (Å²) in [4.78, 5) is 0. The lowest BCUT2D eigenvalue weighted by molar-refractivity contribution is 1.53. The highest BCUT2D eigenvalue weighted by atomic mass is 14.5. The Kier molecular flexibility index (Phi) is 3.06. The molecule has 80 valence electrons. The molecule has 0 aliphatic carbocycles. The summed E-state index contributed by atoms with van der Waals surface area (Å²) in [6.07, 6.45) is 2.13. The van der Waals surface area contributed by atoms with Gasteiger partial charge >= 0.3 is 0 Å². The van der Waals surface area contributed by atoms with Gasteiger partial charge in [-0.2, -0.15) is 0 Å². The van der Waals surface area contributed by atoms with Gasteiger partial charge in [0.15, 0.2) is 0 Å². The molecule has 0 aliphatic heterocycles. The predicted molar refractivity (Wildman–Crippen MR) is 70.0 cm³/mol. The molecule has 0 unspecified atom stereocenters. The maximum atomic E-state index is 5.69. The maximum Gasteiger partial charge on any atom is 0.0314 e. The first-order valence-electron chi connectivity index (χ1n) is 5.39. The van der Waals surface area contributed by atoms with E-state index in [0.717, 1.165) is 5.69 Å². The number of benzene rings is 2. The maximum absolute atomic E-state index is 5.69. The second kappa shape index (κ2) is 4.67. The highest BCUT2D eigenvalue weighted by Gasteiger charge is 2.02. The van der Waals surface area contributed by atoms with E-state index in [1.807, 2.05) is 18.2 Å². The van der Waals surface area contributed by atoms with Crippen LogP contribution in [-0.4, -0.2) is 0 Å². The minimum atomic E-state index is 0.798. The molecule has 0 radical (unpaired) electrons. The molecule has 0 heterocycles. The van der Waals surface area contributed by atoms with Crippen LogP contribution in [0.2, 0.25) is 0 Å². The molecule has 0 saturated heterocycles. The first-order valence-corrected chi connectivity index (χ1v) is 5.39. The van der Waals surface area contributed by atoms with Gasteiger partial charge in [-0.15, -0.1) is 0 Å². The third-order valence-corrected chi connectivity index (χ3v) is 2.60. The molecule has 0 bridgehead atoms. The minimum Gasteiger partial charge on any atom is -0.399 e. The van der Waals surface area contributed by atoms with Gasteiger partial charge in [0.1, 0.15) is 0 Å². The van der Waals surface area contributed by atoms with Crippen molar-refractivity contribution < 1.29 is 0 Å². The van der Waals surface area contributed by atoms with Crippen LogP contribution < -0.4 is 5.73 Å². The second-order valence-corrected chi connectivity index (χ2v) is 3.69. The zero-order chi connectivity index (χ0) is 11.4. The molecule has 0 fully saturated rings. The molecule has 2 aromatic carbocycles. The van der Waals surface area contributed by atoms with Gasteiger partial charge in [0.25, 0.3) is 0 Å². The van der Waals surface area contributed by atoms with Crippen molar-refractivity contribution in [3.63, 3.8) is 0 Å². The Hall–Kier alpha value is -2.02. The van der Waals surface area contributed by atoms with Crippen LogP contribution in [0, 0.1) is 0 Å². The number of nitrogens with two attached hydrogens (primary N) is 1. The SMILES string of the molecule is CC=C(c1ccccc1)c1ccc(N)cc1. The van der Waals surface area contributed by atoms with Gasteiger partial charge < -0.3 is 5.73 Å². The fourth-order valence-corrected chi connectivity index (χ4v) is 1.78. The molecule has 0 saturated carbocycles. The highest BCUT2D eigenvalue weighted by molar-refractivity contribution is 5.80. The monoisotopic (exact) mass is 209 g/mol. The van der Waals surface area contributed by atoms with Crippen LogP contribution in [0.5, 0.6) is 0 Å². The number of hydrogen-bond donors (Lipinski definition) is 1. The fraction of sp³-hybridized carbons (Fsp3) is 0.0667. The summed E-state index contributed by atoms with van der Waals surface area (Å²) in [6, 6.07) is 18.3. The van der Waals surface area contributed by atoms with E-state index >= 15 is 0 Å². The molecule has 1 heteroatoms. The van der Waals surface area contributed by atoms with Crippen molar-refractivity contribution in [1.29, 1.82) is 0 Å². The molecule has 16 heavy (non-hydrogen) atoms. The Morgan fingerprint density at radius 2 is 1.44 bits per heavy atom. The number of rotatable bonds is 2. The van der Waals surface area contributed by atoms with E-state index in [-0.39, 0.29) is 0 Å². The summed E-state index contributed by atoms with van der Waals surface area (Å²) in [5, 5.41) is 0. The van der Waals surface area contributed by atoms with Crippen LogP contribution in [0.15, 0.2) is 60.7 Å². The normalized spacial score (nSPS) is 11.4. The van der Waals surface area contributed by atoms with Gasteiger partial charge in [0, 0.05) is 5.69 Å². The minimum absolute atomic E-state index is 0.798. The summed E-state index contributed by atoms with van der Waals surface area (Å²) in [5.41, 5.74) is 10.2. The average Bonchev–Trinajstić information content (AvgIpc) is 2.34. The zero-order valence-corrected chi connectivity index (χ0v) is 9.35. The number of hydrogen-bond acceptors (Lipinski definition) is 1. The molecule has 0 atom stereocenters. The van der Waals surface area contributed by atoms with Crippen molar-refractivity contribution in [2.24, 2.45) is 0 Å². The fourth-order valence-electron chi connectivity index (χ4n) is 1.78. The first kappa shape index (κ1) is 10.5. The van der Waals surface area contributed by atoms with Crippen LogP contribution in [0.4, 0.5) is 5.69 Å². The van der Waals surface area contributed by atoms with Crippen LogP contribution in [-0.2, 0) is 0 Å². The summed E-state index contributed by atoms with van der Waals surface area (Å²) >= 11 is 0. The molecule has 0 aromatic heterocycles. The molecule has 2 aromatic rings. The highest BCUT2D eigenvalue weighted by Crippen LogP contribution is 2.23. The molecular formula is C15H15N. The summed E-state index contributed by atoms with van der Waals surface area (Å²) in [5.74, 6) is 0. The van der Waals surface area contributed by atoms with Crippen molar-refractivity contribution in [2.75, 3.05) is 5.73 Å². The van der Waals surface area contributed by atoms with Crippen molar-refractivity contribution >= 4 is 11.3 Å². The van der Waals surface area contributed by atoms with Crippen molar-refractivity contribution in [1.82, 2.24) is 0 Å². The summed E-state index contributed by atoms with van der Waals surface area (Å²) in [7, 11) is 0.